The van der Waals surface area contributed by atoms with Gasteiger partial charge in [-0.3, -0.25) is 0 Å². The van der Waals surface area contributed by atoms with Gasteiger partial charge in [0, 0.05) is 41.8 Å². The van der Waals surface area contributed by atoms with Crippen molar-refractivity contribution in [3.8, 4) is 0 Å². The van der Waals surface area contributed by atoms with Crippen LogP contribution in [-0.4, -0.2) is 23.8 Å². The second kappa shape index (κ2) is 26.2. The van der Waals surface area contributed by atoms with E-state index >= 15 is 8.78 Å². The highest BCUT2D eigenvalue weighted by atomic mass is 31.1. The Morgan fingerprint density at radius 1 is 0.818 bits per heavy atom. The Hall–Kier alpha value is -2.78. The summed E-state index contributed by atoms with van der Waals surface area (Å²) in [5.74, 6) is -1.52. The molecule has 0 fully saturated rings. The molecule has 6 heteroatoms. The summed E-state index contributed by atoms with van der Waals surface area (Å²) in [6, 6.07) is 3.49. The van der Waals surface area contributed by atoms with E-state index in [-0.39, 0.29) is 18.4 Å². The maximum atomic E-state index is 15.7. The second-order valence-electron chi connectivity index (χ2n) is 16.3. The first kappa shape index (κ1) is 50.2. The predicted octanol–water partition coefficient (Wildman–Crippen LogP) is 15.7. The van der Waals surface area contributed by atoms with Crippen LogP contribution in [0, 0.1) is 17.0 Å². The Morgan fingerprint density at radius 2 is 1.36 bits per heavy atom. The van der Waals surface area contributed by atoms with Gasteiger partial charge in [-0.25, -0.2) is 13.2 Å². The van der Waals surface area contributed by atoms with Gasteiger partial charge < -0.3 is 10.2 Å². The van der Waals surface area contributed by atoms with E-state index < -0.39 is 17.3 Å². The molecule has 0 aromatic heterocycles. The SMILES string of the molecule is C=CCCCCCCCCCCCCc1ccc(CN(C)C(=C)/C(C(=C)NC(/C=C\CC(C)(C)F)=C(/CC)C(=C)CC)=C(/PCC)C(C)(C)CC)c(F)c1F. The molecule has 0 heterocycles. The summed E-state index contributed by atoms with van der Waals surface area (Å²) in [5, 5.41) is 4.85. The van der Waals surface area contributed by atoms with Gasteiger partial charge >= 0.3 is 0 Å². The van der Waals surface area contributed by atoms with Gasteiger partial charge in [0.2, 0.25) is 0 Å². The van der Waals surface area contributed by atoms with Gasteiger partial charge in [0.05, 0.1) is 0 Å². The van der Waals surface area contributed by atoms with Gasteiger partial charge in [0.15, 0.2) is 11.6 Å². The van der Waals surface area contributed by atoms with Crippen molar-refractivity contribution in [2.24, 2.45) is 5.41 Å². The molecule has 0 aliphatic heterocycles. The van der Waals surface area contributed by atoms with Crippen LogP contribution in [0.2, 0.25) is 0 Å². The zero-order valence-corrected chi connectivity index (χ0v) is 37.5. The molecular weight excluding hydrogens is 705 g/mol. The number of nitrogens with zero attached hydrogens (tertiary/aromatic N) is 1. The third-order valence-electron chi connectivity index (χ3n) is 10.7. The minimum absolute atomic E-state index is 0.156. The summed E-state index contributed by atoms with van der Waals surface area (Å²) in [4.78, 5) is 1.91. The van der Waals surface area contributed by atoms with Crippen molar-refractivity contribution in [3.63, 3.8) is 0 Å². The van der Waals surface area contributed by atoms with Gasteiger partial charge in [-0.15, -0.1) is 6.58 Å². The molecule has 2 nitrogen and oxygen atoms in total. The zero-order chi connectivity index (χ0) is 41.6. The van der Waals surface area contributed by atoms with Crippen LogP contribution in [0.5, 0.6) is 0 Å². The number of unbranched alkanes of at least 4 members (excludes halogenated alkanes) is 10. The Bertz CT molecular complexity index is 1470. The van der Waals surface area contributed by atoms with Crippen LogP contribution in [0.25, 0.3) is 0 Å². The Balaban J connectivity index is 3.27. The molecule has 1 N–H and O–H groups in total. The monoisotopic (exact) mass is 783 g/mol. The summed E-state index contributed by atoms with van der Waals surface area (Å²) in [7, 11) is 2.40. The van der Waals surface area contributed by atoms with Crippen molar-refractivity contribution >= 4 is 8.58 Å². The van der Waals surface area contributed by atoms with E-state index in [2.05, 4.69) is 73.2 Å². The number of allylic oxidation sites excluding steroid dienone is 6. The largest absolute Gasteiger partial charge is 0.370 e. The van der Waals surface area contributed by atoms with Crippen LogP contribution in [0.4, 0.5) is 13.2 Å². The molecule has 0 aliphatic carbocycles. The van der Waals surface area contributed by atoms with Gasteiger partial charge in [-0.05, 0) is 99.3 Å². The van der Waals surface area contributed by atoms with E-state index in [4.69, 9.17) is 0 Å². The average molecular weight is 783 g/mol. The lowest BCUT2D eigenvalue weighted by molar-refractivity contribution is 0.221. The minimum atomic E-state index is -1.34. The molecule has 1 atom stereocenters. The molecule has 1 unspecified atom stereocenters. The summed E-state index contributed by atoms with van der Waals surface area (Å²) < 4.78 is 45.7. The first-order valence-electron chi connectivity index (χ1n) is 21.2. The Labute approximate surface area is 338 Å². The number of halogens is 3. The summed E-state index contributed by atoms with van der Waals surface area (Å²) in [5.41, 5.74) is 4.38. The van der Waals surface area contributed by atoms with Crippen LogP contribution < -0.4 is 5.32 Å². The van der Waals surface area contributed by atoms with Crippen molar-refractivity contribution in [2.45, 2.75) is 170 Å². The van der Waals surface area contributed by atoms with Crippen molar-refractivity contribution in [1.82, 2.24) is 10.2 Å². The highest BCUT2D eigenvalue weighted by Gasteiger charge is 2.28. The molecule has 55 heavy (non-hydrogen) atoms. The van der Waals surface area contributed by atoms with Gasteiger partial charge in [-0.2, -0.15) is 0 Å². The van der Waals surface area contributed by atoms with Crippen molar-refractivity contribution in [1.29, 1.82) is 0 Å². The molecule has 0 saturated heterocycles. The first-order chi connectivity index (χ1) is 26.0. The number of nitrogens with one attached hydrogen (secondary N) is 1. The van der Waals surface area contributed by atoms with E-state index in [0.29, 0.717) is 37.5 Å². The lowest BCUT2D eigenvalue weighted by atomic mass is 9.85. The molecule has 1 rings (SSSR count). The van der Waals surface area contributed by atoms with Crippen LogP contribution in [0.1, 0.15) is 163 Å². The summed E-state index contributed by atoms with van der Waals surface area (Å²) >= 11 is 0. The van der Waals surface area contributed by atoms with Crippen LogP contribution in [0.3, 0.4) is 0 Å². The lowest BCUT2D eigenvalue weighted by Crippen LogP contribution is -2.26. The Morgan fingerprint density at radius 3 is 1.87 bits per heavy atom. The minimum Gasteiger partial charge on any atom is -0.370 e. The molecule has 0 radical (unpaired) electrons. The number of alkyl halides is 1. The fourth-order valence-corrected chi connectivity index (χ4v) is 8.22. The standard InChI is InChI=1S/C49H78F3N2P/c1-14-19-20-21-22-23-24-25-26-27-28-29-31-40-33-34-41(46(51)45(40)50)36-54(13)39(8)44(47(55-18-5)48(9,10)17-4)38(7)53-43(32-30-35-49(11,12)52)42(16-3)37(6)15-2/h14,30,32-34,53,55H,1,6-8,15-29,31,35-36H2,2-5,9-13H3/b32-30-,43-42-,47-44+. The molecular formula is C49H78F3N2P. The van der Waals surface area contributed by atoms with E-state index in [1.807, 2.05) is 30.2 Å². The van der Waals surface area contributed by atoms with Crippen molar-refractivity contribution in [2.75, 3.05) is 13.2 Å². The van der Waals surface area contributed by atoms with E-state index in [1.54, 1.807) is 26.0 Å². The fraction of sp³-hybridized carbons (Fsp3) is 0.592. The topological polar surface area (TPSA) is 15.3 Å². The fourth-order valence-electron chi connectivity index (χ4n) is 6.74. The van der Waals surface area contributed by atoms with Crippen LogP contribution in [0.15, 0.2) is 95.8 Å². The molecule has 0 amide bonds. The van der Waals surface area contributed by atoms with Gasteiger partial charge in [0.25, 0.3) is 0 Å². The molecule has 0 spiro atoms. The average Bonchev–Trinajstić information content (AvgIpc) is 3.13. The third-order valence-corrected chi connectivity index (χ3v) is 12.3. The number of rotatable bonds is 30. The highest BCUT2D eigenvalue weighted by molar-refractivity contribution is 7.43. The normalized spacial score (nSPS) is 13.3. The van der Waals surface area contributed by atoms with E-state index in [0.717, 1.165) is 73.5 Å². The van der Waals surface area contributed by atoms with Gasteiger partial charge in [0.1, 0.15) is 5.67 Å². The number of hydrogen-bond acceptors (Lipinski definition) is 2. The van der Waals surface area contributed by atoms with E-state index in [1.165, 1.54) is 50.3 Å². The third kappa shape index (κ3) is 17.9. The second-order valence-corrected chi connectivity index (χ2v) is 17.9. The van der Waals surface area contributed by atoms with Crippen molar-refractivity contribution < 1.29 is 13.2 Å². The first-order valence-corrected chi connectivity index (χ1v) is 22.4. The highest BCUT2D eigenvalue weighted by Crippen LogP contribution is 2.47. The summed E-state index contributed by atoms with van der Waals surface area (Å²) in [6.07, 6.45) is 23.0. The molecule has 0 aliphatic rings. The Kier molecular flexibility index (Phi) is 23.9. The predicted molar refractivity (Wildman–Crippen MR) is 240 cm³/mol. The lowest BCUT2D eigenvalue weighted by Gasteiger charge is -2.34. The maximum absolute atomic E-state index is 15.7. The van der Waals surface area contributed by atoms with Gasteiger partial charge in [-0.1, -0.05) is 151 Å². The molecule has 1 aromatic rings. The van der Waals surface area contributed by atoms with Crippen LogP contribution >= 0.6 is 8.58 Å². The van der Waals surface area contributed by atoms with Crippen molar-refractivity contribution in [3.05, 3.63) is 119 Å². The molecule has 310 valence electrons. The maximum Gasteiger partial charge on any atom is 0.164 e. The number of likely N-dealkylation sites (N-methyl/N-ethyl adjacent to an activating group) is 1. The smallest absolute Gasteiger partial charge is 0.164 e. The number of benzene rings is 1. The molecule has 1 aromatic carbocycles. The zero-order valence-electron chi connectivity index (χ0n) is 36.5. The molecule has 0 bridgehead atoms. The molecule has 0 saturated carbocycles. The number of aryl methyl sites for hydroxylation is 1. The van der Waals surface area contributed by atoms with E-state index in [9.17, 15) is 4.39 Å². The quantitative estimate of drug-likeness (QED) is 0.0362. The summed E-state index contributed by atoms with van der Waals surface area (Å²) in [6.45, 7) is 33.6. The van der Waals surface area contributed by atoms with Crippen LogP contribution in [-0.2, 0) is 13.0 Å². The number of hydrogen-bond donors (Lipinski definition) is 1.